The molecule has 0 radical (unpaired) electrons. The molecule has 4 heteroatoms. The zero-order valence-electron chi connectivity index (χ0n) is 8.26. The van der Waals surface area contributed by atoms with Crippen molar-refractivity contribution in [2.24, 2.45) is 5.73 Å². The Labute approximate surface area is 94.5 Å². The van der Waals surface area contributed by atoms with Crippen LogP contribution in [0.2, 0.25) is 4.34 Å². The van der Waals surface area contributed by atoms with Crippen molar-refractivity contribution in [3.8, 4) is 0 Å². The number of unbranched alkanes of at least 4 members (excludes halogenated alkanes) is 2. The van der Waals surface area contributed by atoms with Crippen molar-refractivity contribution in [2.45, 2.75) is 25.8 Å². The van der Waals surface area contributed by atoms with Gasteiger partial charge in [0, 0.05) is 11.4 Å². The quantitative estimate of drug-likeness (QED) is 0.710. The summed E-state index contributed by atoms with van der Waals surface area (Å²) in [6.45, 7) is 2.80. The summed E-state index contributed by atoms with van der Waals surface area (Å²) in [7, 11) is 0. The van der Waals surface area contributed by atoms with Crippen LogP contribution in [-0.4, -0.2) is 13.1 Å². The summed E-state index contributed by atoms with van der Waals surface area (Å²) in [6, 6.07) is 4.01. The van der Waals surface area contributed by atoms with E-state index in [-0.39, 0.29) is 0 Å². The molecule has 0 unspecified atom stereocenters. The van der Waals surface area contributed by atoms with Crippen molar-refractivity contribution in [2.75, 3.05) is 13.1 Å². The molecule has 1 aromatic rings. The lowest BCUT2D eigenvalue weighted by Crippen LogP contribution is -2.14. The van der Waals surface area contributed by atoms with E-state index >= 15 is 0 Å². The van der Waals surface area contributed by atoms with E-state index in [0.29, 0.717) is 0 Å². The number of nitrogens with two attached hydrogens (primary N) is 1. The predicted molar refractivity (Wildman–Crippen MR) is 63.9 cm³/mol. The number of nitrogens with one attached hydrogen (secondary N) is 1. The van der Waals surface area contributed by atoms with Gasteiger partial charge in [-0.2, -0.15) is 0 Å². The zero-order chi connectivity index (χ0) is 10.2. The van der Waals surface area contributed by atoms with Crippen LogP contribution in [0.5, 0.6) is 0 Å². The van der Waals surface area contributed by atoms with Crippen molar-refractivity contribution in [3.63, 3.8) is 0 Å². The highest BCUT2D eigenvalue weighted by Crippen LogP contribution is 2.20. The Morgan fingerprint density at radius 3 is 2.79 bits per heavy atom. The van der Waals surface area contributed by atoms with E-state index in [1.165, 1.54) is 17.7 Å². The molecule has 80 valence electrons. The average molecular weight is 233 g/mol. The molecule has 1 aromatic heterocycles. The Hall–Kier alpha value is -0.0900. The highest BCUT2D eigenvalue weighted by Gasteiger charge is 1.96. The van der Waals surface area contributed by atoms with Gasteiger partial charge in [-0.3, -0.25) is 0 Å². The molecule has 0 aliphatic carbocycles. The third kappa shape index (κ3) is 4.96. The molecular weight excluding hydrogens is 216 g/mol. The number of rotatable bonds is 7. The van der Waals surface area contributed by atoms with Crippen LogP contribution in [0, 0.1) is 0 Å². The maximum atomic E-state index is 5.82. The number of hydrogen-bond acceptors (Lipinski definition) is 3. The third-order valence-electron chi connectivity index (χ3n) is 1.99. The molecule has 0 aliphatic rings. The van der Waals surface area contributed by atoms with Crippen LogP contribution < -0.4 is 11.1 Å². The third-order valence-corrected chi connectivity index (χ3v) is 3.22. The van der Waals surface area contributed by atoms with Gasteiger partial charge in [0.2, 0.25) is 0 Å². The highest BCUT2D eigenvalue weighted by molar-refractivity contribution is 7.16. The van der Waals surface area contributed by atoms with E-state index < -0.39 is 0 Å². The topological polar surface area (TPSA) is 38.0 Å². The lowest BCUT2D eigenvalue weighted by Gasteiger charge is -2.01. The van der Waals surface area contributed by atoms with Crippen molar-refractivity contribution in [1.29, 1.82) is 0 Å². The fourth-order valence-electron chi connectivity index (χ4n) is 1.23. The summed E-state index contributed by atoms with van der Waals surface area (Å²) >= 11 is 7.46. The van der Waals surface area contributed by atoms with Crippen LogP contribution in [-0.2, 0) is 6.54 Å². The second kappa shape index (κ2) is 7.23. The molecule has 0 bridgehead atoms. The molecule has 0 fully saturated rings. The van der Waals surface area contributed by atoms with E-state index in [2.05, 4.69) is 11.4 Å². The largest absolute Gasteiger partial charge is 0.330 e. The standard InChI is InChI=1S/C10H17ClN2S/c11-10-5-4-9(14-10)8-13-7-3-1-2-6-12/h4-5,13H,1-3,6-8,12H2. The lowest BCUT2D eigenvalue weighted by atomic mass is 10.2. The average Bonchev–Trinajstić information content (AvgIpc) is 2.58. The van der Waals surface area contributed by atoms with Gasteiger partial charge in [0.25, 0.3) is 0 Å². The van der Waals surface area contributed by atoms with Crippen molar-refractivity contribution >= 4 is 22.9 Å². The fourth-order valence-corrected chi connectivity index (χ4v) is 2.29. The molecule has 0 saturated heterocycles. The highest BCUT2D eigenvalue weighted by atomic mass is 35.5. The van der Waals surface area contributed by atoms with Gasteiger partial charge in [0.1, 0.15) is 0 Å². The maximum Gasteiger partial charge on any atom is 0.0931 e. The first-order valence-electron chi connectivity index (χ1n) is 4.98. The number of halogens is 1. The molecule has 0 aromatic carbocycles. The van der Waals surface area contributed by atoms with E-state index in [0.717, 1.165) is 30.4 Å². The maximum absolute atomic E-state index is 5.82. The molecule has 0 amide bonds. The molecule has 0 spiro atoms. The molecule has 3 N–H and O–H groups in total. The van der Waals surface area contributed by atoms with Crippen LogP contribution in [0.4, 0.5) is 0 Å². The van der Waals surface area contributed by atoms with E-state index in [4.69, 9.17) is 17.3 Å². The summed E-state index contributed by atoms with van der Waals surface area (Å²) in [4.78, 5) is 1.30. The fraction of sp³-hybridized carbons (Fsp3) is 0.600. The summed E-state index contributed by atoms with van der Waals surface area (Å²) in [5.41, 5.74) is 5.40. The number of thiophene rings is 1. The van der Waals surface area contributed by atoms with Crippen molar-refractivity contribution in [3.05, 3.63) is 21.3 Å². The molecule has 0 aliphatic heterocycles. The lowest BCUT2D eigenvalue weighted by molar-refractivity contribution is 0.609. The first kappa shape index (κ1) is 12.0. The first-order chi connectivity index (χ1) is 6.83. The van der Waals surface area contributed by atoms with Gasteiger partial charge in [0.05, 0.1) is 4.34 Å². The van der Waals surface area contributed by atoms with Gasteiger partial charge < -0.3 is 11.1 Å². The van der Waals surface area contributed by atoms with E-state index in [9.17, 15) is 0 Å². The number of hydrogen-bond donors (Lipinski definition) is 2. The van der Waals surface area contributed by atoms with Crippen molar-refractivity contribution < 1.29 is 0 Å². The Morgan fingerprint density at radius 2 is 2.14 bits per heavy atom. The van der Waals surface area contributed by atoms with Crippen LogP contribution in [0.3, 0.4) is 0 Å². The summed E-state index contributed by atoms with van der Waals surface area (Å²) in [6.07, 6.45) is 3.55. The Bertz CT molecular complexity index is 250. The smallest absolute Gasteiger partial charge is 0.0931 e. The first-order valence-corrected chi connectivity index (χ1v) is 6.17. The van der Waals surface area contributed by atoms with Crippen LogP contribution in [0.15, 0.2) is 12.1 Å². The Kier molecular flexibility index (Phi) is 6.19. The van der Waals surface area contributed by atoms with Gasteiger partial charge in [-0.25, -0.2) is 0 Å². The molecule has 0 saturated carbocycles. The molecule has 2 nitrogen and oxygen atoms in total. The molecule has 1 rings (SSSR count). The molecule has 14 heavy (non-hydrogen) atoms. The minimum Gasteiger partial charge on any atom is -0.330 e. The van der Waals surface area contributed by atoms with Gasteiger partial charge in [-0.05, 0) is 38.1 Å². The van der Waals surface area contributed by atoms with Crippen LogP contribution in [0.25, 0.3) is 0 Å². The summed E-state index contributed by atoms with van der Waals surface area (Å²) in [5, 5.41) is 3.38. The van der Waals surface area contributed by atoms with E-state index in [1.807, 2.05) is 6.07 Å². The zero-order valence-corrected chi connectivity index (χ0v) is 9.83. The second-order valence-electron chi connectivity index (χ2n) is 3.23. The van der Waals surface area contributed by atoms with Crippen LogP contribution in [0.1, 0.15) is 24.1 Å². The van der Waals surface area contributed by atoms with Crippen LogP contribution >= 0.6 is 22.9 Å². The summed E-state index contributed by atoms with van der Waals surface area (Å²) in [5.74, 6) is 0. The predicted octanol–water partition coefficient (Wildman–Crippen LogP) is 2.62. The molecule has 0 atom stereocenters. The van der Waals surface area contributed by atoms with Gasteiger partial charge in [-0.1, -0.05) is 18.0 Å². The van der Waals surface area contributed by atoms with Gasteiger partial charge in [-0.15, -0.1) is 11.3 Å². The van der Waals surface area contributed by atoms with Gasteiger partial charge in [0.15, 0.2) is 0 Å². The summed E-state index contributed by atoms with van der Waals surface area (Å²) < 4.78 is 0.866. The molecular formula is C10H17ClN2S. The SMILES string of the molecule is NCCCCCNCc1ccc(Cl)s1. The van der Waals surface area contributed by atoms with Crippen molar-refractivity contribution in [1.82, 2.24) is 5.32 Å². The van der Waals surface area contributed by atoms with E-state index in [1.54, 1.807) is 11.3 Å². The Balaban J connectivity index is 1.99. The minimum absolute atomic E-state index is 0.806. The monoisotopic (exact) mass is 232 g/mol. The Morgan fingerprint density at radius 1 is 1.29 bits per heavy atom. The second-order valence-corrected chi connectivity index (χ2v) is 5.03. The normalized spacial score (nSPS) is 10.7. The minimum atomic E-state index is 0.806. The van der Waals surface area contributed by atoms with Gasteiger partial charge >= 0.3 is 0 Å². The molecule has 1 heterocycles.